The van der Waals surface area contributed by atoms with Gasteiger partial charge in [0.05, 0.1) is 0 Å². The van der Waals surface area contributed by atoms with Gasteiger partial charge in [-0.15, -0.1) is 0 Å². The van der Waals surface area contributed by atoms with E-state index in [9.17, 15) is 14.0 Å². The Morgan fingerprint density at radius 3 is 2.14 bits per heavy atom. The summed E-state index contributed by atoms with van der Waals surface area (Å²) in [5, 5.41) is 5.80. The fourth-order valence-electron chi connectivity index (χ4n) is 3.65. The van der Waals surface area contributed by atoms with Crippen LogP contribution < -0.4 is 10.6 Å². The summed E-state index contributed by atoms with van der Waals surface area (Å²) in [6.07, 6.45) is 3.70. The van der Waals surface area contributed by atoms with Gasteiger partial charge < -0.3 is 10.6 Å². The average molecular weight is 382 g/mol. The Bertz CT molecular complexity index is 812. The van der Waals surface area contributed by atoms with E-state index in [0.717, 1.165) is 12.1 Å². The van der Waals surface area contributed by atoms with Crippen LogP contribution in [-0.4, -0.2) is 11.8 Å². The van der Waals surface area contributed by atoms with E-state index in [2.05, 4.69) is 17.6 Å². The van der Waals surface area contributed by atoms with E-state index in [1.807, 2.05) is 24.3 Å². The Morgan fingerprint density at radius 2 is 1.54 bits per heavy atom. The zero-order valence-electron chi connectivity index (χ0n) is 16.2. The molecule has 0 unspecified atom stereocenters. The molecule has 0 saturated heterocycles. The minimum Gasteiger partial charge on any atom is -0.352 e. The minimum absolute atomic E-state index is 0.0227. The van der Waals surface area contributed by atoms with Gasteiger partial charge >= 0.3 is 0 Å². The van der Waals surface area contributed by atoms with E-state index in [1.165, 1.54) is 11.6 Å². The topological polar surface area (TPSA) is 58.2 Å². The Balaban J connectivity index is 1.44. The van der Waals surface area contributed by atoms with Crippen molar-refractivity contribution >= 4 is 17.5 Å². The SMILES string of the molecule is CCc1ccc(NC(=O)C2CCC(C(=O)NCc3ccccc3F)CC2)cc1. The number of halogens is 1. The van der Waals surface area contributed by atoms with Crippen molar-refractivity contribution in [1.29, 1.82) is 0 Å². The molecule has 4 nitrogen and oxygen atoms in total. The van der Waals surface area contributed by atoms with Crippen LogP contribution in [0.4, 0.5) is 10.1 Å². The quantitative estimate of drug-likeness (QED) is 0.775. The highest BCUT2D eigenvalue weighted by molar-refractivity contribution is 5.92. The van der Waals surface area contributed by atoms with Crippen LogP contribution in [0.2, 0.25) is 0 Å². The number of benzene rings is 2. The van der Waals surface area contributed by atoms with Crippen LogP contribution in [0.1, 0.15) is 43.7 Å². The fourth-order valence-corrected chi connectivity index (χ4v) is 3.65. The number of amides is 2. The van der Waals surface area contributed by atoms with Gasteiger partial charge in [-0.1, -0.05) is 37.3 Å². The smallest absolute Gasteiger partial charge is 0.227 e. The molecule has 1 fully saturated rings. The average Bonchev–Trinajstić information content (AvgIpc) is 2.73. The molecule has 3 rings (SSSR count). The molecule has 0 bridgehead atoms. The van der Waals surface area contributed by atoms with E-state index in [4.69, 9.17) is 0 Å². The lowest BCUT2D eigenvalue weighted by Crippen LogP contribution is -2.35. The molecule has 2 N–H and O–H groups in total. The van der Waals surface area contributed by atoms with E-state index in [0.29, 0.717) is 31.2 Å². The van der Waals surface area contributed by atoms with Crippen LogP contribution in [0.15, 0.2) is 48.5 Å². The van der Waals surface area contributed by atoms with Crippen LogP contribution in [0.5, 0.6) is 0 Å². The van der Waals surface area contributed by atoms with Gasteiger partial charge in [0.25, 0.3) is 0 Å². The molecule has 2 aromatic carbocycles. The number of aryl methyl sites for hydroxylation is 1. The summed E-state index contributed by atoms with van der Waals surface area (Å²) in [5.41, 5.74) is 2.53. The molecule has 1 saturated carbocycles. The van der Waals surface area contributed by atoms with Crippen molar-refractivity contribution in [3.8, 4) is 0 Å². The molecule has 1 aliphatic rings. The molecule has 0 heterocycles. The van der Waals surface area contributed by atoms with Gasteiger partial charge in [-0.2, -0.15) is 0 Å². The van der Waals surface area contributed by atoms with E-state index < -0.39 is 0 Å². The van der Waals surface area contributed by atoms with Gasteiger partial charge in [-0.05, 0) is 55.9 Å². The van der Waals surface area contributed by atoms with Gasteiger partial charge in [0.15, 0.2) is 0 Å². The second kappa shape index (κ2) is 9.49. The lowest BCUT2D eigenvalue weighted by Gasteiger charge is -2.27. The van der Waals surface area contributed by atoms with Crippen LogP contribution in [0, 0.1) is 17.7 Å². The summed E-state index contributed by atoms with van der Waals surface area (Å²) in [7, 11) is 0. The number of anilines is 1. The lowest BCUT2D eigenvalue weighted by molar-refractivity contribution is -0.128. The maximum Gasteiger partial charge on any atom is 0.227 e. The molecular weight excluding hydrogens is 355 g/mol. The molecule has 0 spiro atoms. The first kappa shape index (κ1) is 20.1. The number of nitrogens with one attached hydrogen (secondary N) is 2. The summed E-state index contributed by atoms with van der Waals surface area (Å²) in [6, 6.07) is 14.3. The molecule has 5 heteroatoms. The summed E-state index contributed by atoms with van der Waals surface area (Å²) in [6.45, 7) is 2.29. The summed E-state index contributed by atoms with van der Waals surface area (Å²) < 4.78 is 13.6. The van der Waals surface area contributed by atoms with Crippen LogP contribution in [0.3, 0.4) is 0 Å². The summed E-state index contributed by atoms with van der Waals surface area (Å²) >= 11 is 0. The number of hydrogen-bond donors (Lipinski definition) is 2. The van der Waals surface area contributed by atoms with Crippen LogP contribution in [0.25, 0.3) is 0 Å². The maximum atomic E-state index is 13.6. The highest BCUT2D eigenvalue weighted by atomic mass is 19.1. The first-order valence-electron chi connectivity index (χ1n) is 9.97. The van der Waals surface area contributed by atoms with Crippen molar-refractivity contribution in [2.24, 2.45) is 11.8 Å². The zero-order chi connectivity index (χ0) is 19.9. The number of carbonyl (C=O) groups is 2. The largest absolute Gasteiger partial charge is 0.352 e. The third-order valence-corrected chi connectivity index (χ3v) is 5.51. The highest BCUT2D eigenvalue weighted by Crippen LogP contribution is 2.30. The van der Waals surface area contributed by atoms with Gasteiger partial charge in [-0.3, -0.25) is 9.59 Å². The zero-order valence-corrected chi connectivity index (χ0v) is 16.2. The first-order valence-corrected chi connectivity index (χ1v) is 9.97. The number of carbonyl (C=O) groups excluding carboxylic acids is 2. The molecule has 0 aromatic heterocycles. The van der Waals surface area contributed by atoms with Crippen molar-refractivity contribution in [3.05, 3.63) is 65.5 Å². The van der Waals surface area contributed by atoms with Gasteiger partial charge in [0.1, 0.15) is 5.82 Å². The van der Waals surface area contributed by atoms with Crippen molar-refractivity contribution in [2.45, 2.75) is 45.6 Å². The first-order chi connectivity index (χ1) is 13.6. The number of rotatable bonds is 6. The fraction of sp³-hybridized carbons (Fsp3) is 0.391. The molecule has 28 heavy (non-hydrogen) atoms. The Morgan fingerprint density at radius 1 is 0.929 bits per heavy atom. The molecule has 0 aliphatic heterocycles. The third kappa shape index (κ3) is 5.18. The summed E-state index contributed by atoms with van der Waals surface area (Å²) in [5.74, 6) is -0.525. The molecule has 0 atom stereocenters. The predicted octanol–water partition coefficient (Wildman–Crippen LogP) is 4.45. The van der Waals surface area contributed by atoms with E-state index >= 15 is 0 Å². The van der Waals surface area contributed by atoms with Crippen molar-refractivity contribution in [2.75, 3.05) is 5.32 Å². The van der Waals surface area contributed by atoms with Crippen molar-refractivity contribution in [1.82, 2.24) is 5.32 Å². The highest BCUT2D eigenvalue weighted by Gasteiger charge is 2.29. The monoisotopic (exact) mass is 382 g/mol. The summed E-state index contributed by atoms with van der Waals surface area (Å²) in [4.78, 5) is 24.9. The van der Waals surface area contributed by atoms with E-state index in [-0.39, 0.29) is 36.0 Å². The Labute approximate surface area is 165 Å². The third-order valence-electron chi connectivity index (χ3n) is 5.51. The second-order valence-electron chi connectivity index (χ2n) is 7.40. The van der Waals surface area contributed by atoms with Crippen molar-refractivity contribution in [3.63, 3.8) is 0 Å². The molecule has 0 radical (unpaired) electrons. The van der Waals surface area contributed by atoms with Gasteiger partial charge in [0.2, 0.25) is 11.8 Å². The molecule has 2 aromatic rings. The molecule has 1 aliphatic carbocycles. The van der Waals surface area contributed by atoms with Crippen LogP contribution in [-0.2, 0) is 22.6 Å². The maximum absolute atomic E-state index is 13.6. The molecular formula is C23H27FN2O2. The lowest BCUT2D eigenvalue weighted by atomic mass is 9.81. The van der Waals surface area contributed by atoms with Gasteiger partial charge in [0, 0.05) is 29.6 Å². The Kier molecular flexibility index (Phi) is 6.80. The predicted molar refractivity (Wildman–Crippen MR) is 108 cm³/mol. The standard InChI is InChI=1S/C23H27FN2O2/c1-2-16-7-13-20(14-8-16)26-23(28)18-11-9-17(10-12-18)22(27)25-15-19-5-3-4-6-21(19)24/h3-8,13-14,17-18H,2,9-12,15H2,1H3,(H,25,27)(H,26,28). The van der Waals surface area contributed by atoms with E-state index in [1.54, 1.807) is 18.2 Å². The van der Waals surface area contributed by atoms with Crippen molar-refractivity contribution < 1.29 is 14.0 Å². The Hall–Kier alpha value is -2.69. The normalized spacial score (nSPS) is 19.1. The van der Waals surface area contributed by atoms with Gasteiger partial charge in [-0.25, -0.2) is 4.39 Å². The second-order valence-corrected chi connectivity index (χ2v) is 7.40. The molecule has 148 valence electrons. The molecule has 2 amide bonds. The minimum atomic E-state index is -0.310. The van der Waals surface area contributed by atoms with Crippen LogP contribution >= 0.6 is 0 Å². The number of hydrogen-bond acceptors (Lipinski definition) is 2.